The molecule has 1 aliphatic rings. The van der Waals surface area contributed by atoms with Gasteiger partial charge in [-0.1, -0.05) is 45.2 Å². The fraction of sp³-hybridized carbons (Fsp3) is 0. The van der Waals surface area contributed by atoms with Gasteiger partial charge in [-0.15, -0.1) is 0 Å². The third-order valence-corrected chi connectivity index (χ3v) is 4.21. The fourth-order valence-corrected chi connectivity index (χ4v) is 2.96. The second-order valence-corrected chi connectivity index (χ2v) is 6.07. The zero-order valence-electron chi connectivity index (χ0n) is 10.1. The van der Waals surface area contributed by atoms with Gasteiger partial charge in [0.25, 0.3) is 5.91 Å². The molecule has 2 aromatic rings. The minimum Gasteiger partial charge on any atom is -0.321 e. The van der Waals surface area contributed by atoms with Crippen LogP contribution in [0.4, 0.5) is 5.69 Å². The highest BCUT2D eigenvalue weighted by Crippen LogP contribution is 2.37. The number of amides is 1. The molecule has 0 fully saturated rings. The zero-order chi connectivity index (χ0) is 14.3. The van der Waals surface area contributed by atoms with E-state index in [0.29, 0.717) is 21.2 Å². The van der Waals surface area contributed by atoms with Gasteiger partial charge in [-0.25, -0.2) is 0 Å². The average molecular weight is 369 g/mol. The van der Waals surface area contributed by atoms with Crippen LogP contribution in [0.3, 0.4) is 0 Å². The predicted octanol–water partition coefficient (Wildman–Crippen LogP) is 5.25. The highest BCUT2D eigenvalue weighted by molar-refractivity contribution is 9.10. The van der Waals surface area contributed by atoms with E-state index in [1.807, 2.05) is 18.2 Å². The Bertz CT molecular complexity index is 735. The van der Waals surface area contributed by atoms with Crippen molar-refractivity contribution in [3.8, 4) is 0 Å². The van der Waals surface area contributed by atoms with Gasteiger partial charge in [0.1, 0.15) is 0 Å². The topological polar surface area (TPSA) is 29.1 Å². The van der Waals surface area contributed by atoms with Gasteiger partial charge in [0, 0.05) is 36.9 Å². The summed E-state index contributed by atoms with van der Waals surface area (Å²) in [6.07, 6.45) is 1.72. The molecule has 1 N–H and O–H groups in total. The lowest BCUT2D eigenvalue weighted by Crippen LogP contribution is -2.03. The molecule has 0 atom stereocenters. The minimum absolute atomic E-state index is 0.158. The molecule has 20 heavy (non-hydrogen) atoms. The minimum atomic E-state index is -0.158. The summed E-state index contributed by atoms with van der Waals surface area (Å²) >= 11 is 15.7. The zero-order valence-corrected chi connectivity index (χ0v) is 13.2. The largest absolute Gasteiger partial charge is 0.321 e. The smallest absolute Gasteiger partial charge is 0.256 e. The van der Waals surface area contributed by atoms with Crippen LogP contribution >= 0.6 is 39.1 Å². The summed E-state index contributed by atoms with van der Waals surface area (Å²) in [7, 11) is 0. The summed E-state index contributed by atoms with van der Waals surface area (Å²) in [5.41, 5.74) is 2.82. The molecule has 0 aliphatic carbocycles. The van der Waals surface area contributed by atoms with E-state index < -0.39 is 0 Å². The molecule has 5 heteroatoms. The number of fused-ring (bicyclic) bond motifs is 1. The van der Waals surface area contributed by atoms with Crippen molar-refractivity contribution in [2.45, 2.75) is 0 Å². The van der Waals surface area contributed by atoms with Gasteiger partial charge in [-0.2, -0.15) is 0 Å². The number of rotatable bonds is 1. The number of anilines is 1. The monoisotopic (exact) mass is 367 g/mol. The number of hydrogen-bond donors (Lipinski definition) is 1. The maximum Gasteiger partial charge on any atom is 0.256 e. The van der Waals surface area contributed by atoms with Gasteiger partial charge in [-0.05, 0) is 36.4 Å². The lowest BCUT2D eigenvalue weighted by molar-refractivity contribution is -0.110. The molecule has 1 amide bonds. The molecule has 0 aromatic heterocycles. The predicted molar refractivity (Wildman–Crippen MR) is 87.1 cm³/mol. The van der Waals surface area contributed by atoms with Crippen LogP contribution in [0.2, 0.25) is 10.0 Å². The number of benzene rings is 2. The quantitative estimate of drug-likeness (QED) is 0.684. The Morgan fingerprint density at radius 3 is 2.50 bits per heavy atom. The molecule has 1 aliphatic heterocycles. The SMILES string of the molecule is O=C1Nc2ccc(Br)cc2/C1=C\c1c(Cl)cccc1Cl. The summed E-state index contributed by atoms with van der Waals surface area (Å²) in [5.74, 6) is -0.158. The maximum atomic E-state index is 12.1. The van der Waals surface area contributed by atoms with Gasteiger partial charge < -0.3 is 5.32 Å². The van der Waals surface area contributed by atoms with E-state index in [2.05, 4.69) is 21.2 Å². The first-order valence-electron chi connectivity index (χ1n) is 5.83. The Morgan fingerprint density at radius 1 is 1.10 bits per heavy atom. The summed E-state index contributed by atoms with van der Waals surface area (Å²) in [5, 5.41) is 3.85. The van der Waals surface area contributed by atoms with Crippen LogP contribution in [-0.2, 0) is 4.79 Å². The lowest BCUT2D eigenvalue weighted by Gasteiger charge is -2.03. The number of nitrogens with one attached hydrogen (secondary N) is 1. The Kier molecular flexibility index (Phi) is 3.59. The normalized spacial score (nSPS) is 15.3. The second-order valence-electron chi connectivity index (χ2n) is 4.34. The fourth-order valence-electron chi connectivity index (χ4n) is 2.10. The van der Waals surface area contributed by atoms with Crippen LogP contribution in [0, 0.1) is 0 Å². The van der Waals surface area contributed by atoms with E-state index in [-0.39, 0.29) is 5.91 Å². The number of carbonyl (C=O) groups excluding carboxylic acids is 1. The van der Waals surface area contributed by atoms with Crippen molar-refractivity contribution in [3.05, 3.63) is 62.0 Å². The summed E-state index contributed by atoms with van der Waals surface area (Å²) in [6, 6.07) is 10.9. The third-order valence-electron chi connectivity index (χ3n) is 3.05. The van der Waals surface area contributed by atoms with Crippen molar-refractivity contribution in [3.63, 3.8) is 0 Å². The van der Waals surface area contributed by atoms with E-state index >= 15 is 0 Å². The third kappa shape index (κ3) is 2.37. The number of halogens is 3. The second kappa shape index (κ2) is 5.24. The average Bonchev–Trinajstić information content (AvgIpc) is 2.70. The summed E-state index contributed by atoms with van der Waals surface area (Å²) in [4.78, 5) is 12.1. The lowest BCUT2D eigenvalue weighted by atomic mass is 10.0. The molecule has 1 heterocycles. The Morgan fingerprint density at radius 2 is 1.80 bits per heavy atom. The van der Waals surface area contributed by atoms with Crippen LogP contribution < -0.4 is 5.32 Å². The maximum absolute atomic E-state index is 12.1. The molecule has 0 radical (unpaired) electrons. The van der Waals surface area contributed by atoms with Crippen molar-refractivity contribution in [2.75, 3.05) is 5.32 Å². The van der Waals surface area contributed by atoms with Gasteiger partial charge in [0.2, 0.25) is 0 Å². The molecule has 0 saturated carbocycles. The molecule has 0 bridgehead atoms. The number of hydrogen-bond acceptors (Lipinski definition) is 1. The van der Waals surface area contributed by atoms with Crippen LogP contribution in [-0.4, -0.2) is 5.91 Å². The van der Waals surface area contributed by atoms with Crippen LogP contribution in [0.25, 0.3) is 11.6 Å². The van der Waals surface area contributed by atoms with Gasteiger partial charge in [-0.3, -0.25) is 4.79 Å². The van der Waals surface area contributed by atoms with E-state index in [0.717, 1.165) is 15.7 Å². The molecular weight excluding hydrogens is 361 g/mol. The van der Waals surface area contributed by atoms with E-state index in [4.69, 9.17) is 23.2 Å². The highest BCUT2D eigenvalue weighted by atomic mass is 79.9. The molecule has 3 rings (SSSR count). The van der Waals surface area contributed by atoms with Crippen molar-refractivity contribution < 1.29 is 4.79 Å². The van der Waals surface area contributed by atoms with Crippen LogP contribution in [0.1, 0.15) is 11.1 Å². The molecule has 0 spiro atoms. The Hall–Kier alpha value is -1.29. The first kappa shape index (κ1) is 13.7. The first-order chi connectivity index (χ1) is 9.56. The molecule has 0 saturated heterocycles. The molecule has 2 nitrogen and oxygen atoms in total. The molecule has 100 valence electrons. The Balaban J connectivity index is 2.18. The highest BCUT2D eigenvalue weighted by Gasteiger charge is 2.24. The van der Waals surface area contributed by atoms with Crippen LogP contribution in [0.5, 0.6) is 0 Å². The molecule has 2 aromatic carbocycles. The van der Waals surface area contributed by atoms with Gasteiger partial charge in [0.05, 0.1) is 0 Å². The summed E-state index contributed by atoms with van der Waals surface area (Å²) in [6.45, 7) is 0. The van der Waals surface area contributed by atoms with Crippen molar-refractivity contribution in [1.82, 2.24) is 0 Å². The molecule has 0 unspecified atom stereocenters. The van der Waals surface area contributed by atoms with Gasteiger partial charge in [0.15, 0.2) is 0 Å². The standard InChI is InChI=1S/C15H8BrCl2NO/c16-8-4-5-14-9(6-8)10(15(20)19-14)7-11-12(17)2-1-3-13(11)18/h1-7H,(H,19,20)/b10-7+. The van der Waals surface area contributed by atoms with Crippen molar-refractivity contribution in [1.29, 1.82) is 0 Å². The van der Waals surface area contributed by atoms with E-state index in [1.54, 1.807) is 24.3 Å². The first-order valence-corrected chi connectivity index (χ1v) is 7.38. The van der Waals surface area contributed by atoms with Crippen molar-refractivity contribution >= 4 is 62.4 Å². The van der Waals surface area contributed by atoms with E-state index in [9.17, 15) is 4.79 Å². The number of carbonyl (C=O) groups is 1. The van der Waals surface area contributed by atoms with Crippen LogP contribution in [0.15, 0.2) is 40.9 Å². The van der Waals surface area contributed by atoms with Crippen molar-refractivity contribution in [2.24, 2.45) is 0 Å². The molecular formula is C15H8BrCl2NO. The Labute approximate surface area is 134 Å². The summed E-state index contributed by atoms with van der Waals surface area (Å²) < 4.78 is 0.906. The van der Waals surface area contributed by atoms with E-state index in [1.165, 1.54) is 0 Å². The van der Waals surface area contributed by atoms with Gasteiger partial charge >= 0.3 is 0 Å².